The first-order chi connectivity index (χ1) is 17.8. The number of aromatic nitrogens is 1. The molecule has 3 heterocycles. The number of nitrogens with zero attached hydrogens (tertiary/aromatic N) is 3. The van der Waals surface area contributed by atoms with Crippen LogP contribution in [-0.2, 0) is 4.79 Å². The number of aliphatic hydroxyl groups excluding tert-OH is 1. The summed E-state index contributed by atoms with van der Waals surface area (Å²) in [7, 11) is 5.51. The van der Waals surface area contributed by atoms with Gasteiger partial charge in [0.05, 0.1) is 41.2 Å². The number of benzene rings is 1. The average molecular weight is 544 g/mol. The van der Waals surface area contributed by atoms with E-state index in [9.17, 15) is 15.0 Å². The van der Waals surface area contributed by atoms with E-state index in [1.807, 2.05) is 49.0 Å². The van der Waals surface area contributed by atoms with Crippen molar-refractivity contribution in [3.8, 4) is 5.75 Å². The second-order valence-electron chi connectivity index (χ2n) is 10.1. The summed E-state index contributed by atoms with van der Waals surface area (Å²) in [6, 6.07) is 9.93. The van der Waals surface area contributed by atoms with Crippen LogP contribution in [0.1, 0.15) is 43.8 Å². The number of thioether (sulfide) groups is 1. The zero-order valence-corrected chi connectivity index (χ0v) is 23.5. The van der Waals surface area contributed by atoms with Crippen molar-refractivity contribution in [3.63, 3.8) is 0 Å². The maximum Gasteiger partial charge on any atom is 0.303 e. The topological polar surface area (TPSA) is 86.1 Å². The van der Waals surface area contributed by atoms with Gasteiger partial charge in [0.25, 0.3) is 0 Å². The first-order valence-corrected chi connectivity index (χ1v) is 14.6. The van der Waals surface area contributed by atoms with Crippen molar-refractivity contribution < 1.29 is 19.7 Å². The third kappa shape index (κ3) is 6.96. The molecular weight excluding hydrogens is 506 g/mol. The van der Waals surface area contributed by atoms with Crippen LogP contribution in [0, 0.1) is 5.41 Å². The van der Waals surface area contributed by atoms with Crippen LogP contribution in [0.5, 0.6) is 5.75 Å². The SMILES string of the molecule is COc1ccc2ncc(N(C)C)c([C@H](O)CCC3(CC(=O)O)CCN(CCSc4cccs4)CC3)c2c1. The molecule has 1 fully saturated rings. The molecule has 200 valence electrons. The molecule has 0 unspecified atom stereocenters. The number of rotatable bonds is 12. The van der Waals surface area contributed by atoms with Gasteiger partial charge in [-0.05, 0) is 73.8 Å². The van der Waals surface area contributed by atoms with Gasteiger partial charge in [-0.25, -0.2) is 0 Å². The molecule has 1 saturated heterocycles. The number of aliphatic carboxylic acids is 1. The highest BCUT2D eigenvalue weighted by Gasteiger charge is 2.37. The lowest BCUT2D eigenvalue weighted by atomic mass is 9.71. The number of carboxylic acid groups (broad SMARTS) is 1. The Labute approximate surface area is 227 Å². The number of carbonyl (C=O) groups is 1. The standard InChI is InChI=1S/C28H37N3O4S2/c1-30(2)23-19-29-22-7-6-20(35-3)17-21(22)27(23)24(32)8-9-28(18-25(33)34)10-12-31(13-11-28)14-16-37-26-5-4-15-36-26/h4-7,15,17,19,24,32H,8-14,16,18H2,1-3H3,(H,33,34)/t24-/m1/s1. The van der Waals surface area contributed by atoms with Gasteiger partial charge in [0, 0.05) is 37.3 Å². The molecular formula is C28H37N3O4S2. The van der Waals surface area contributed by atoms with Crippen LogP contribution in [0.4, 0.5) is 5.69 Å². The van der Waals surface area contributed by atoms with Crippen molar-refractivity contribution in [2.45, 2.75) is 42.4 Å². The number of hydrogen-bond acceptors (Lipinski definition) is 8. The fraction of sp³-hybridized carbons (Fsp3) is 0.500. The summed E-state index contributed by atoms with van der Waals surface area (Å²) in [4.78, 5) is 20.8. The number of carboxylic acids is 1. The Morgan fingerprint density at radius 1 is 1.30 bits per heavy atom. The molecule has 1 aliphatic heterocycles. The van der Waals surface area contributed by atoms with Crippen LogP contribution in [0.3, 0.4) is 0 Å². The van der Waals surface area contributed by atoms with E-state index in [1.54, 1.807) is 24.6 Å². The molecule has 0 bridgehead atoms. The monoisotopic (exact) mass is 543 g/mol. The number of likely N-dealkylation sites (tertiary alicyclic amines) is 1. The largest absolute Gasteiger partial charge is 0.497 e. The minimum atomic E-state index is -0.760. The molecule has 9 heteroatoms. The zero-order valence-electron chi connectivity index (χ0n) is 21.9. The van der Waals surface area contributed by atoms with Gasteiger partial charge in [-0.15, -0.1) is 23.1 Å². The third-order valence-corrected chi connectivity index (χ3v) is 9.56. The Balaban J connectivity index is 1.45. The predicted molar refractivity (Wildman–Crippen MR) is 152 cm³/mol. The second kappa shape index (κ2) is 12.5. The minimum Gasteiger partial charge on any atom is -0.497 e. The maximum absolute atomic E-state index is 11.9. The Kier molecular flexibility index (Phi) is 9.34. The predicted octanol–water partition coefficient (Wildman–Crippen LogP) is 5.53. The highest BCUT2D eigenvalue weighted by molar-refractivity contribution is 8.01. The van der Waals surface area contributed by atoms with Gasteiger partial charge >= 0.3 is 5.97 Å². The van der Waals surface area contributed by atoms with Crippen LogP contribution < -0.4 is 9.64 Å². The van der Waals surface area contributed by atoms with Crippen molar-refractivity contribution in [2.24, 2.45) is 5.41 Å². The Hall–Kier alpha value is -2.33. The van der Waals surface area contributed by atoms with Crippen molar-refractivity contribution in [1.29, 1.82) is 0 Å². The number of pyridine rings is 1. The molecule has 0 amide bonds. The maximum atomic E-state index is 11.9. The molecule has 1 atom stereocenters. The van der Waals surface area contributed by atoms with Gasteiger partial charge in [0.2, 0.25) is 0 Å². The lowest BCUT2D eigenvalue weighted by molar-refractivity contribution is -0.141. The Morgan fingerprint density at radius 2 is 2.08 bits per heavy atom. The number of anilines is 1. The quantitative estimate of drug-likeness (QED) is 0.288. The fourth-order valence-electron chi connectivity index (χ4n) is 5.31. The first-order valence-electron chi connectivity index (χ1n) is 12.7. The molecule has 3 aromatic rings. The number of aliphatic hydroxyl groups is 1. The molecule has 4 rings (SSSR count). The van der Waals surface area contributed by atoms with E-state index in [2.05, 4.69) is 27.4 Å². The van der Waals surface area contributed by atoms with E-state index >= 15 is 0 Å². The molecule has 0 spiro atoms. The average Bonchev–Trinajstić information content (AvgIpc) is 3.40. The number of thiophene rings is 1. The second-order valence-corrected chi connectivity index (χ2v) is 12.4. The summed E-state index contributed by atoms with van der Waals surface area (Å²) >= 11 is 3.65. The van der Waals surface area contributed by atoms with Crippen LogP contribution in [0.15, 0.2) is 46.1 Å². The Morgan fingerprint density at radius 3 is 2.73 bits per heavy atom. The number of fused-ring (bicyclic) bond motifs is 1. The molecule has 0 saturated carbocycles. The van der Waals surface area contributed by atoms with Crippen LogP contribution in [-0.4, -0.2) is 72.7 Å². The summed E-state index contributed by atoms with van der Waals surface area (Å²) in [6.45, 7) is 2.80. The fourth-order valence-corrected chi connectivity index (χ4v) is 7.17. The highest BCUT2D eigenvalue weighted by Crippen LogP contribution is 2.43. The molecule has 0 radical (unpaired) electrons. The molecule has 7 nitrogen and oxygen atoms in total. The van der Waals surface area contributed by atoms with E-state index < -0.39 is 12.1 Å². The summed E-state index contributed by atoms with van der Waals surface area (Å²) in [5, 5.41) is 24.2. The summed E-state index contributed by atoms with van der Waals surface area (Å²) in [5.41, 5.74) is 2.18. The van der Waals surface area contributed by atoms with Crippen molar-refractivity contribution >= 4 is 45.7 Å². The van der Waals surface area contributed by atoms with E-state index in [0.717, 1.165) is 60.4 Å². The smallest absolute Gasteiger partial charge is 0.303 e. The van der Waals surface area contributed by atoms with Gasteiger partial charge in [-0.2, -0.15) is 0 Å². The lowest BCUT2D eigenvalue weighted by Gasteiger charge is -2.41. The molecule has 0 aliphatic carbocycles. The first kappa shape index (κ1) is 27.7. The minimum absolute atomic E-state index is 0.142. The van der Waals surface area contributed by atoms with Gasteiger partial charge in [-0.1, -0.05) is 6.07 Å². The zero-order chi connectivity index (χ0) is 26.4. The molecule has 1 aromatic carbocycles. The van der Waals surface area contributed by atoms with Crippen molar-refractivity contribution in [2.75, 3.05) is 51.5 Å². The molecule has 1 aliphatic rings. The van der Waals surface area contributed by atoms with E-state index in [1.165, 1.54) is 4.21 Å². The van der Waals surface area contributed by atoms with Gasteiger partial charge < -0.3 is 24.7 Å². The molecule has 2 N–H and O–H groups in total. The van der Waals surface area contributed by atoms with E-state index in [-0.39, 0.29) is 11.8 Å². The summed E-state index contributed by atoms with van der Waals surface area (Å²) < 4.78 is 6.77. The van der Waals surface area contributed by atoms with Crippen LogP contribution in [0.25, 0.3) is 10.9 Å². The summed E-state index contributed by atoms with van der Waals surface area (Å²) in [5.74, 6) is 0.992. The lowest BCUT2D eigenvalue weighted by Crippen LogP contribution is -2.42. The third-order valence-electron chi connectivity index (χ3n) is 7.45. The van der Waals surface area contributed by atoms with Crippen LogP contribution in [0.2, 0.25) is 0 Å². The van der Waals surface area contributed by atoms with Gasteiger partial charge in [-0.3, -0.25) is 9.78 Å². The van der Waals surface area contributed by atoms with Gasteiger partial charge in [0.15, 0.2) is 0 Å². The summed E-state index contributed by atoms with van der Waals surface area (Å²) in [6.07, 6.45) is 4.04. The number of methoxy groups -OCH3 is 1. The molecule has 37 heavy (non-hydrogen) atoms. The highest BCUT2D eigenvalue weighted by atomic mass is 32.2. The number of hydrogen-bond donors (Lipinski definition) is 2. The molecule has 2 aromatic heterocycles. The van der Waals surface area contributed by atoms with E-state index in [4.69, 9.17) is 4.74 Å². The van der Waals surface area contributed by atoms with E-state index in [0.29, 0.717) is 18.6 Å². The number of ether oxygens (including phenoxy) is 1. The van der Waals surface area contributed by atoms with Crippen molar-refractivity contribution in [3.05, 3.63) is 47.5 Å². The van der Waals surface area contributed by atoms with Crippen molar-refractivity contribution in [1.82, 2.24) is 9.88 Å². The van der Waals surface area contributed by atoms with Crippen LogP contribution >= 0.6 is 23.1 Å². The van der Waals surface area contributed by atoms with Gasteiger partial charge in [0.1, 0.15) is 5.75 Å². The Bertz CT molecular complexity index is 1180. The number of piperidine rings is 1. The normalized spacial score (nSPS) is 16.5.